The third-order valence-corrected chi connectivity index (χ3v) is 3.25. The molecule has 1 heterocycles. The van der Waals surface area contributed by atoms with Gasteiger partial charge >= 0.3 is 6.18 Å². The second kappa shape index (κ2) is 4.52. The third kappa shape index (κ3) is 2.25. The molecular weight excluding hydrogens is 289 g/mol. The van der Waals surface area contributed by atoms with Gasteiger partial charge in [0.25, 0.3) is 0 Å². The summed E-state index contributed by atoms with van der Waals surface area (Å²) in [6.45, 7) is 0. The molecule has 0 saturated heterocycles. The SMILES string of the molecule is FC(F)(F)c1ccc(-c2nc3ccccc3[nH]2)cc1Cl. The summed E-state index contributed by atoms with van der Waals surface area (Å²) in [6, 6.07) is 10.9. The highest BCUT2D eigenvalue weighted by Gasteiger charge is 2.33. The van der Waals surface area contributed by atoms with Gasteiger partial charge in [-0.25, -0.2) is 4.98 Å². The topological polar surface area (TPSA) is 28.7 Å². The first-order valence-corrected chi connectivity index (χ1v) is 6.15. The Morgan fingerprint density at radius 3 is 2.45 bits per heavy atom. The Labute approximate surface area is 117 Å². The summed E-state index contributed by atoms with van der Waals surface area (Å²) in [5.41, 5.74) is 1.23. The van der Waals surface area contributed by atoms with E-state index in [1.54, 1.807) is 0 Å². The number of aromatic amines is 1. The van der Waals surface area contributed by atoms with Crippen LogP contribution in [0.1, 0.15) is 5.56 Å². The molecule has 1 N–H and O–H groups in total. The number of alkyl halides is 3. The van der Waals surface area contributed by atoms with Gasteiger partial charge in [-0.3, -0.25) is 0 Å². The van der Waals surface area contributed by atoms with Crippen molar-refractivity contribution >= 4 is 22.6 Å². The Balaban J connectivity index is 2.08. The number of benzene rings is 2. The van der Waals surface area contributed by atoms with Crippen molar-refractivity contribution in [3.63, 3.8) is 0 Å². The number of imidazole rings is 1. The summed E-state index contributed by atoms with van der Waals surface area (Å²) >= 11 is 5.70. The summed E-state index contributed by atoms with van der Waals surface area (Å²) in [5.74, 6) is 0.488. The van der Waals surface area contributed by atoms with Gasteiger partial charge in [0.05, 0.1) is 21.6 Å². The van der Waals surface area contributed by atoms with Gasteiger partial charge < -0.3 is 4.98 Å². The van der Waals surface area contributed by atoms with E-state index in [0.717, 1.165) is 17.1 Å². The summed E-state index contributed by atoms with van der Waals surface area (Å²) in [5, 5.41) is -0.338. The molecule has 0 spiro atoms. The molecular formula is C14H8ClF3N2. The predicted octanol–water partition coefficient (Wildman–Crippen LogP) is 4.90. The minimum absolute atomic E-state index is 0.338. The minimum Gasteiger partial charge on any atom is -0.338 e. The largest absolute Gasteiger partial charge is 0.417 e. The lowest BCUT2D eigenvalue weighted by atomic mass is 10.1. The second-order valence-corrected chi connectivity index (χ2v) is 4.70. The van der Waals surface area contributed by atoms with E-state index < -0.39 is 11.7 Å². The van der Waals surface area contributed by atoms with Crippen LogP contribution in [0.3, 0.4) is 0 Å². The van der Waals surface area contributed by atoms with Crippen LogP contribution < -0.4 is 0 Å². The van der Waals surface area contributed by atoms with E-state index >= 15 is 0 Å². The number of hydrogen-bond donors (Lipinski definition) is 1. The molecule has 0 bridgehead atoms. The smallest absolute Gasteiger partial charge is 0.338 e. The van der Waals surface area contributed by atoms with Crippen LogP contribution in [-0.2, 0) is 6.18 Å². The lowest BCUT2D eigenvalue weighted by Crippen LogP contribution is -2.05. The van der Waals surface area contributed by atoms with E-state index in [4.69, 9.17) is 11.6 Å². The van der Waals surface area contributed by atoms with Crippen LogP contribution in [0.4, 0.5) is 13.2 Å². The van der Waals surface area contributed by atoms with Crippen molar-refractivity contribution < 1.29 is 13.2 Å². The standard InChI is InChI=1S/C14H8ClF3N2/c15-10-7-8(5-6-9(10)14(16,17)18)13-19-11-3-1-2-4-12(11)20-13/h1-7H,(H,19,20). The maximum atomic E-state index is 12.6. The second-order valence-electron chi connectivity index (χ2n) is 4.29. The first-order valence-electron chi connectivity index (χ1n) is 5.77. The fourth-order valence-corrected chi connectivity index (χ4v) is 2.27. The average molecular weight is 297 g/mol. The van der Waals surface area contributed by atoms with Gasteiger partial charge in [-0.1, -0.05) is 29.8 Å². The normalized spacial score (nSPS) is 12.0. The van der Waals surface area contributed by atoms with Crippen molar-refractivity contribution in [3.05, 3.63) is 53.1 Å². The number of hydrogen-bond acceptors (Lipinski definition) is 1. The zero-order valence-electron chi connectivity index (χ0n) is 10.0. The van der Waals surface area contributed by atoms with E-state index in [0.29, 0.717) is 11.4 Å². The van der Waals surface area contributed by atoms with E-state index in [2.05, 4.69) is 9.97 Å². The molecule has 0 aliphatic rings. The van der Waals surface area contributed by atoms with Gasteiger partial charge in [-0.2, -0.15) is 13.2 Å². The Hall–Kier alpha value is -2.01. The Morgan fingerprint density at radius 2 is 1.80 bits per heavy atom. The van der Waals surface area contributed by atoms with Crippen LogP contribution >= 0.6 is 11.6 Å². The summed E-state index contributed by atoms with van der Waals surface area (Å²) < 4.78 is 37.9. The van der Waals surface area contributed by atoms with Gasteiger partial charge in [0.15, 0.2) is 0 Å². The molecule has 0 aliphatic heterocycles. The number of nitrogens with zero attached hydrogens (tertiary/aromatic N) is 1. The number of halogens is 4. The monoisotopic (exact) mass is 296 g/mol. The molecule has 2 nitrogen and oxygen atoms in total. The Morgan fingerprint density at radius 1 is 1.05 bits per heavy atom. The van der Waals surface area contributed by atoms with Crippen molar-refractivity contribution in [1.29, 1.82) is 0 Å². The minimum atomic E-state index is -4.45. The fourth-order valence-electron chi connectivity index (χ4n) is 1.98. The number of fused-ring (bicyclic) bond motifs is 1. The average Bonchev–Trinajstić information content (AvgIpc) is 2.80. The van der Waals surface area contributed by atoms with E-state index in [-0.39, 0.29) is 5.02 Å². The van der Waals surface area contributed by atoms with E-state index in [1.165, 1.54) is 12.1 Å². The summed E-state index contributed by atoms with van der Waals surface area (Å²) in [6.07, 6.45) is -4.45. The Kier molecular flexibility index (Phi) is 2.94. The van der Waals surface area contributed by atoms with Crippen LogP contribution in [0, 0.1) is 0 Å². The number of para-hydroxylation sites is 2. The Bertz CT molecular complexity index is 744. The maximum Gasteiger partial charge on any atom is 0.417 e. The quantitative estimate of drug-likeness (QED) is 0.679. The molecule has 3 aromatic rings. The molecule has 6 heteroatoms. The van der Waals surface area contributed by atoms with Gasteiger partial charge in [0, 0.05) is 5.56 Å². The molecule has 102 valence electrons. The lowest BCUT2D eigenvalue weighted by Gasteiger charge is -2.09. The van der Waals surface area contributed by atoms with Crippen molar-refractivity contribution in [2.75, 3.05) is 0 Å². The van der Waals surface area contributed by atoms with Crippen molar-refractivity contribution in [2.45, 2.75) is 6.18 Å². The molecule has 0 unspecified atom stereocenters. The van der Waals surface area contributed by atoms with Gasteiger partial charge in [0.2, 0.25) is 0 Å². The summed E-state index contributed by atoms with van der Waals surface area (Å²) in [4.78, 5) is 7.37. The number of nitrogens with one attached hydrogen (secondary N) is 1. The van der Waals surface area contributed by atoms with Crippen LogP contribution in [0.15, 0.2) is 42.5 Å². The molecule has 3 rings (SSSR count). The van der Waals surface area contributed by atoms with Gasteiger partial charge in [0.1, 0.15) is 5.82 Å². The predicted molar refractivity (Wildman–Crippen MR) is 71.5 cm³/mol. The molecule has 0 amide bonds. The number of H-pyrrole nitrogens is 1. The van der Waals surface area contributed by atoms with E-state index in [9.17, 15) is 13.2 Å². The molecule has 20 heavy (non-hydrogen) atoms. The lowest BCUT2D eigenvalue weighted by molar-refractivity contribution is -0.137. The first-order chi connectivity index (χ1) is 9.45. The molecule has 0 saturated carbocycles. The molecule has 1 aromatic heterocycles. The van der Waals surface area contributed by atoms with Crippen LogP contribution in [-0.4, -0.2) is 9.97 Å². The van der Waals surface area contributed by atoms with E-state index in [1.807, 2.05) is 24.3 Å². The molecule has 0 atom stereocenters. The summed E-state index contributed by atoms with van der Waals surface area (Å²) in [7, 11) is 0. The van der Waals surface area contributed by atoms with Gasteiger partial charge in [-0.15, -0.1) is 0 Å². The number of rotatable bonds is 1. The first kappa shape index (κ1) is 13.0. The molecule has 0 fully saturated rings. The zero-order valence-corrected chi connectivity index (χ0v) is 10.8. The molecule has 2 aromatic carbocycles. The maximum absolute atomic E-state index is 12.6. The molecule has 0 aliphatic carbocycles. The van der Waals surface area contributed by atoms with Crippen molar-refractivity contribution in [1.82, 2.24) is 9.97 Å². The van der Waals surface area contributed by atoms with Crippen LogP contribution in [0.25, 0.3) is 22.4 Å². The highest BCUT2D eigenvalue weighted by atomic mass is 35.5. The highest BCUT2D eigenvalue weighted by Crippen LogP contribution is 2.36. The fraction of sp³-hybridized carbons (Fsp3) is 0.0714. The van der Waals surface area contributed by atoms with Crippen molar-refractivity contribution in [2.24, 2.45) is 0 Å². The third-order valence-electron chi connectivity index (χ3n) is 2.94. The van der Waals surface area contributed by atoms with Crippen LogP contribution in [0.2, 0.25) is 5.02 Å². The van der Waals surface area contributed by atoms with Crippen LogP contribution in [0.5, 0.6) is 0 Å². The van der Waals surface area contributed by atoms with Crippen molar-refractivity contribution in [3.8, 4) is 11.4 Å². The molecule has 0 radical (unpaired) electrons. The number of aromatic nitrogens is 2. The van der Waals surface area contributed by atoms with Gasteiger partial charge in [-0.05, 0) is 24.3 Å². The zero-order chi connectivity index (χ0) is 14.3. The highest BCUT2D eigenvalue weighted by molar-refractivity contribution is 6.31.